The van der Waals surface area contributed by atoms with E-state index in [1.54, 1.807) is 13.2 Å². The second-order valence-corrected chi connectivity index (χ2v) is 9.34. The van der Waals surface area contributed by atoms with Crippen LogP contribution in [0.1, 0.15) is 5.56 Å². The number of halogens is 2. The normalized spacial score (nSPS) is 16.0. The molecule has 1 aliphatic heterocycles. The highest BCUT2D eigenvalue weighted by atomic mass is 32.2. The van der Waals surface area contributed by atoms with Crippen LogP contribution in [-0.2, 0) is 16.6 Å². The first-order chi connectivity index (χ1) is 14.8. The van der Waals surface area contributed by atoms with Crippen molar-refractivity contribution in [3.8, 4) is 11.5 Å². The zero-order chi connectivity index (χ0) is 22.2. The monoisotopic (exact) mass is 448 g/mol. The van der Waals surface area contributed by atoms with E-state index in [1.165, 1.54) is 4.31 Å². The van der Waals surface area contributed by atoms with Crippen LogP contribution in [0.3, 0.4) is 0 Å². The fourth-order valence-corrected chi connectivity index (χ4v) is 5.22. The summed E-state index contributed by atoms with van der Waals surface area (Å²) in [5, 5.41) is 12.3. The summed E-state index contributed by atoms with van der Waals surface area (Å²) in [6.45, 7) is 1.72. The summed E-state index contributed by atoms with van der Waals surface area (Å²) >= 11 is 0. The second kappa shape index (κ2) is 8.41. The van der Waals surface area contributed by atoms with E-state index in [1.807, 2.05) is 29.2 Å². The standard InChI is InChI=1S/C22H22F2N2O4S/c1-30-16-4-2-15-3-7-22(27)19(18(15)12-16)14-25-8-10-26(11-9-25)31(28,29)17-5-6-20(23)21(24)13-17/h2-7,12-13,27H,8-11,14H2,1H3. The molecule has 0 unspecified atom stereocenters. The minimum absolute atomic E-state index is 0.164. The lowest BCUT2D eigenvalue weighted by atomic mass is 10.0. The molecule has 164 valence electrons. The largest absolute Gasteiger partial charge is 0.508 e. The van der Waals surface area contributed by atoms with Crippen molar-refractivity contribution in [1.29, 1.82) is 0 Å². The number of benzene rings is 3. The lowest BCUT2D eigenvalue weighted by Crippen LogP contribution is -2.48. The third kappa shape index (κ3) is 4.21. The lowest BCUT2D eigenvalue weighted by molar-refractivity contribution is 0.180. The van der Waals surface area contributed by atoms with E-state index >= 15 is 0 Å². The lowest BCUT2D eigenvalue weighted by Gasteiger charge is -2.34. The first-order valence-corrected chi connectivity index (χ1v) is 11.2. The summed E-state index contributed by atoms with van der Waals surface area (Å²) in [5.41, 5.74) is 0.744. The van der Waals surface area contributed by atoms with E-state index in [4.69, 9.17) is 4.74 Å². The number of nitrogens with zero attached hydrogens (tertiary/aromatic N) is 2. The number of methoxy groups -OCH3 is 1. The molecule has 0 radical (unpaired) electrons. The highest BCUT2D eigenvalue weighted by Crippen LogP contribution is 2.31. The van der Waals surface area contributed by atoms with E-state index in [0.29, 0.717) is 31.5 Å². The molecule has 0 amide bonds. The Bertz CT molecular complexity index is 1230. The maximum atomic E-state index is 13.5. The first kappa shape index (κ1) is 21.5. The van der Waals surface area contributed by atoms with Gasteiger partial charge < -0.3 is 9.84 Å². The quantitative estimate of drug-likeness (QED) is 0.648. The predicted octanol–water partition coefficient (Wildman–Crippen LogP) is 3.34. The molecule has 31 heavy (non-hydrogen) atoms. The fraction of sp³-hybridized carbons (Fsp3) is 0.273. The molecule has 0 aliphatic carbocycles. The van der Waals surface area contributed by atoms with Crippen LogP contribution in [0.2, 0.25) is 0 Å². The van der Waals surface area contributed by atoms with Gasteiger partial charge in [0, 0.05) is 38.3 Å². The average molecular weight is 448 g/mol. The average Bonchev–Trinajstić information content (AvgIpc) is 2.77. The van der Waals surface area contributed by atoms with Gasteiger partial charge in [0.15, 0.2) is 11.6 Å². The number of phenols is 1. The molecule has 3 aromatic rings. The Morgan fingerprint density at radius 2 is 1.68 bits per heavy atom. The maximum Gasteiger partial charge on any atom is 0.243 e. The number of hydrogen-bond acceptors (Lipinski definition) is 5. The minimum atomic E-state index is -3.92. The van der Waals surface area contributed by atoms with Crippen molar-refractivity contribution in [1.82, 2.24) is 9.21 Å². The smallest absolute Gasteiger partial charge is 0.243 e. The first-order valence-electron chi connectivity index (χ1n) is 9.76. The van der Waals surface area contributed by atoms with Gasteiger partial charge >= 0.3 is 0 Å². The number of piperazine rings is 1. The van der Waals surface area contributed by atoms with Gasteiger partial charge in [-0.3, -0.25) is 4.90 Å². The highest BCUT2D eigenvalue weighted by Gasteiger charge is 2.29. The van der Waals surface area contributed by atoms with Crippen molar-refractivity contribution in [2.45, 2.75) is 11.4 Å². The summed E-state index contributed by atoms with van der Waals surface area (Å²) in [5.74, 6) is -1.43. The molecule has 6 nitrogen and oxygen atoms in total. The van der Waals surface area contributed by atoms with Crippen molar-refractivity contribution >= 4 is 20.8 Å². The number of ether oxygens (including phenoxy) is 1. The number of hydrogen-bond donors (Lipinski definition) is 1. The van der Waals surface area contributed by atoms with Crippen LogP contribution in [0.4, 0.5) is 8.78 Å². The molecule has 0 bridgehead atoms. The molecule has 0 aromatic heterocycles. The topological polar surface area (TPSA) is 70.1 Å². The molecule has 0 atom stereocenters. The molecular weight excluding hydrogens is 426 g/mol. The Morgan fingerprint density at radius 1 is 0.968 bits per heavy atom. The summed E-state index contributed by atoms with van der Waals surface area (Å²) in [7, 11) is -2.34. The van der Waals surface area contributed by atoms with E-state index in [-0.39, 0.29) is 23.7 Å². The fourth-order valence-electron chi connectivity index (χ4n) is 3.78. The maximum absolute atomic E-state index is 13.5. The highest BCUT2D eigenvalue weighted by molar-refractivity contribution is 7.89. The summed E-state index contributed by atoms with van der Waals surface area (Å²) < 4.78 is 58.8. The Balaban J connectivity index is 1.51. The summed E-state index contributed by atoms with van der Waals surface area (Å²) in [4.78, 5) is 1.78. The molecule has 3 aromatic carbocycles. The number of phenolic OH excluding ortho intramolecular Hbond substituents is 1. The third-order valence-corrected chi connectivity index (χ3v) is 7.45. The number of aromatic hydroxyl groups is 1. The van der Waals surface area contributed by atoms with Gasteiger partial charge in [-0.05, 0) is 47.2 Å². The van der Waals surface area contributed by atoms with Crippen LogP contribution in [0.15, 0.2) is 53.4 Å². The van der Waals surface area contributed by atoms with Gasteiger partial charge in [-0.25, -0.2) is 17.2 Å². The molecule has 1 fully saturated rings. The van der Waals surface area contributed by atoms with E-state index < -0.39 is 21.7 Å². The van der Waals surface area contributed by atoms with E-state index in [2.05, 4.69) is 0 Å². The Kier molecular flexibility index (Phi) is 5.83. The Labute approximate surface area is 179 Å². The Morgan fingerprint density at radius 3 is 2.35 bits per heavy atom. The predicted molar refractivity (Wildman–Crippen MR) is 113 cm³/mol. The van der Waals surface area contributed by atoms with Crippen LogP contribution >= 0.6 is 0 Å². The van der Waals surface area contributed by atoms with E-state index in [9.17, 15) is 22.3 Å². The zero-order valence-electron chi connectivity index (χ0n) is 16.9. The Hall–Kier alpha value is -2.75. The number of sulfonamides is 1. The van der Waals surface area contributed by atoms with Crippen LogP contribution in [-0.4, -0.2) is 56.0 Å². The molecule has 1 saturated heterocycles. The van der Waals surface area contributed by atoms with Crippen LogP contribution < -0.4 is 4.74 Å². The van der Waals surface area contributed by atoms with Gasteiger partial charge in [0.2, 0.25) is 10.0 Å². The number of rotatable bonds is 5. The third-order valence-electron chi connectivity index (χ3n) is 5.56. The van der Waals surface area contributed by atoms with Gasteiger partial charge in [-0.15, -0.1) is 0 Å². The molecule has 0 saturated carbocycles. The number of fused-ring (bicyclic) bond motifs is 1. The van der Waals surface area contributed by atoms with Crippen LogP contribution in [0.25, 0.3) is 10.8 Å². The van der Waals surface area contributed by atoms with Gasteiger partial charge in [0.1, 0.15) is 11.5 Å². The van der Waals surface area contributed by atoms with E-state index in [0.717, 1.165) is 28.5 Å². The van der Waals surface area contributed by atoms with Gasteiger partial charge in [0.05, 0.1) is 12.0 Å². The van der Waals surface area contributed by atoms with Crippen molar-refractivity contribution in [3.05, 3.63) is 65.7 Å². The molecule has 0 spiro atoms. The van der Waals surface area contributed by atoms with Crippen LogP contribution in [0.5, 0.6) is 11.5 Å². The van der Waals surface area contributed by atoms with Gasteiger partial charge in [0.25, 0.3) is 0 Å². The summed E-state index contributed by atoms with van der Waals surface area (Å²) in [6, 6.07) is 11.7. The molecule has 1 heterocycles. The molecule has 9 heteroatoms. The zero-order valence-corrected chi connectivity index (χ0v) is 17.7. The van der Waals surface area contributed by atoms with Crippen LogP contribution in [0, 0.1) is 11.6 Å². The van der Waals surface area contributed by atoms with Crippen molar-refractivity contribution < 1.29 is 27.0 Å². The summed E-state index contributed by atoms with van der Waals surface area (Å²) in [6.07, 6.45) is 0. The molecular formula is C22H22F2N2O4S. The minimum Gasteiger partial charge on any atom is -0.508 e. The van der Waals surface area contributed by atoms with Gasteiger partial charge in [-0.1, -0.05) is 12.1 Å². The second-order valence-electron chi connectivity index (χ2n) is 7.41. The molecule has 4 rings (SSSR count). The molecule has 1 aliphatic rings. The molecule has 1 N–H and O–H groups in total. The SMILES string of the molecule is COc1ccc2ccc(O)c(CN3CCN(S(=O)(=O)c4ccc(F)c(F)c4)CC3)c2c1. The van der Waals surface area contributed by atoms with Crippen molar-refractivity contribution in [3.63, 3.8) is 0 Å². The van der Waals surface area contributed by atoms with Crippen molar-refractivity contribution in [2.24, 2.45) is 0 Å². The van der Waals surface area contributed by atoms with Gasteiger partial charge in [-0.2, -0.15) is 4.31 Å². The van der Waals surface area contributed by atoms with Crippen molar-refractivity contribution in [2.75, 3.05) is 33.3 Å².